The Morgan fingerprint density at radius 1 is 1.33 bits per heavy atom. The smallest absolute Gasteiger partial charge is 0.243 e. The summed E-state index contributed by atoms with van der Waals surface area (Å²) in [5, 5.41) is 2.34. The van der Waals surface area contributed by atoms with Gasteiger partial charge in [0.25, 0.3) is 0 Å². The maximum atomic E-state index is 13.8. The highest BCUT2D eigenvalue weighted by Gasteiger charge is 2.20. The molecule has 0 unspecified atom stereocenters. The normalized spacial score (nSPS) is 11.1. The second kappa shape index (κ2) is 5.32. The van der Waals surface area contributed by atoms with E-state index in [1.807, 2.05) is 4.72 Å². The van der Waals surface area contributed by atoms with Gasteiger partial charge in [-0.05, 0) is 13.1 Å². The molecule has 18 heavy (non-hydrogen) atoms. The number of hydrogen-bond acceptors (Lipinski definition) is 4. The van der Waals surface area contributed by atoms with Crippen LogP contribution in [0.4, 0.5) is 15.8 Å². The number of benzene rings is 1. The molecule has 0 atom stereocenters. The lowest BCUT2D eigenvalue weighted by molar-refractivity contribution is -0.105. The number of carbonyl (C=O) groups excluding carboxylic acids is 1. The summed E-state index contributed by atoms with van der Waals surface area (Å²) in [5.74, 6) is -0.885. The van der Waals surface area contributed by atoms with E-state index in [1.165, 1.54) is 7.05 Å². The molecule has 2 N–H and O–H groups in total. The fraction of sp³-hybridized carbons (Fsp3) is 0.300. The molecule has 1 aromatic rings. The van der Waals surface area contributed by atoms with E-state index in [-0.39, 0.29) is 5.69 Å². The van der Waals surface area contributed by atoms with E-state index in [1.54, 1.807) is 19.0 Å². The summed E-state index contributed by atoms with van der Waals surface area (Å²) >= 11 is 0. The third kappa shape index (κ3) is 2.77. The van der Waals surface area contributed by atoms with Crippen LogP contribution in [0.3, 0.4) is 0 Å². The zero-order chi connectivity index (χ0) is 13.9. The van der Waals surface area contributed by atoms with Gasteiger partial charge in [-0.3, -0.25) is 4.79 Å². The molecule has 0 bridgehead atoms. The summed E-state index contributed by atoms with van der Waals surface area (Å²) in [6.45, 7) is 0. The van der Waals surface area contributed by atoms with Crippen LogP contribution in [-0.2, 0) is 14.8 Å². The van der Waals surface area contributed by atoms with Crippen molar-refractivity contribution in [2.75, 3.05) is 31.4 Å². The molecule has 0 aliphatic carbocycles. The van der Waals surface area contributed by atoms with Gasteiger partial charge in [-0.2, -0.15) is 0 Å². The van der Waals surface area contributed by atoms with Crippen LogP contribution in [0.2, 0.25) is 0 Å². The Hall–Kier alpha value is -1.67. The molecular weight excluding hydrogens is 261 g/mol. The summed E-state index contributed by atoms with van der Waals surface area (Å²) in [7, 11) is 0.570. The maximum absolute atomic E-state index is 13.8. The lowest BCUT2D eigenvalue weighted by atomic mass is 10.2. The number of sulfonamides is 1. The lowest BCUT2D eigenvalue weighted by Gasteiger charge is -2.18. The highest BCUT2D eigenvalue weighted by molar-refractivity contribution is 7.89. The second-order valence-corrected chi connectivity index (χ2v) is 5.52. The van der Waals surface area contributed by atoms with Crippen LogP contribution in [0.15, 0.2) is 17.0 Å². The van der Waals surface area contributed by atoms with Crippen LogP contribution in [0.1, 0.15) is 0 Å². The molecule has 0 fully saturated rings. The Morgan fingerprint density at radius 3 is 2.39 bits per heavy atom. The van der Waals surface area contributed by atoms with Gasteiger partial charge in [0.1, 0.15) is 10.7 Å². The number of rotatable bonds is 5. The van der Waals surface area contributed by atoms with E-state index in [0.717, 1.165) is 12.1 Å². The second-order valence-electron chi connectivity index (χ2n) is 3.66. The monoisotopic (exact) mass is 275 g/mol. The minimum atomic E-state index is -3.91. The molecule has 100 valence electrons. The van der Waals surface area contributed by atoms with Crippen LogP contribution in [-0.4, -0.2) is 36.0 Å². The molecule has 0 spiro atoms. The Kier molecular flexibility index (Phi) is 4.25. The van der Waals surface area contributed by atoms with E-state index in [9.17, 15) is 17.6 Å². The highest BCUT2D eigenvalue weighted by atomic mass is 32.2. The molecule has 0 aromatic heterocycles. The first-order chi connectivity index (χ1) is 8.33. The fourth-order valence-electron chi connectivity index (χ4n) is 1.41. The standard InChI is InChI=1S/C10H14FN3O3S/c1-12-18(16,17)10-5-8(13-6-15)9(14(2)3)4-7(10)11/h4-6,12H,1-3H3,(H,13,15). The third-order valence-corrected chi connectivity index (χ3v) is 3.73. The number of hydrogen-bond donors (Lipinski definition) is 2. The summed E-state index contributed by atoms with van der Waals surface area (Å²) in [5.41, 5.74) is 0.583. The van der Waals surface area contributed by atoms with Crippen molar-refractivity contribution in [2.45, 2.75) is 4.90 Å². The molecule has 0 saturated heterocycles. The quantitative estimate of drug-likeness (QED) is 0.761. The predicted octanol–water partition coefficient (Wildman–Crippen LogP) is 0.368. The minimum Gasteiger partial charge on any atom is -0.376 e. The van der Waals surface area contributed by atoms with Gasteiger partial charge in [0.15, 0.2) is 0 Å². The first kappa shape index (κ1) is 14.4. The van der Waals surface area contributed by atoms with Crippen molar-refractivity contribution in [1.29, 1.82) is 0 Å². The van der Waals surface area contributed by atoms with Gasteiger partial charge in [0, 0.05) is 20.2 Å². The Labute approximate surface area is 105 Å². The van der Waals surface area contributed by atoms with Gasteiger partial charge in [0.2, 0.25) is 16.4 Å². The fourth-order valence-corrected chi connectivity index (χ4v) is 2.22. The molecular formula is C10H14FN3O3S. The Morgan fingerprint density at radius 2 is 1.94 bits per heavy atom. The molecule has 1 amide bonds. The van der Waals surface area contributed by atoms with Gasteiger partial charge in [0.05, 0.1) is 11.4 Å². The van der Waals surface area contributed by atoms with Crippen LogP contribution in [0.5, 0.6) is 0 Å². The number of anilines is 2. The van der Waals surface area contributed by atoms with Crippen molar-refractivity contribution in [3.63, 3.8) is 0 Å². The van der Waals surface area contributed by atoms with Gasteiger partial charge in [-0.15, -0.1) is 0 Å². The van der Waals surface area contributed by atoms with Gasteiger partial charge < -0.3 is 10.2 Å². The van der Waals surface area contributed by atoms with Crippen LogP contribution in [0.25, 0.3) is 0 Å². The third-order valence-electron chi connectivity index (χ3n) is 2.30. The molecule has 6 nitrogen and oxygen atoms in total. The molecule has 0 aliphatic heterocycles. The SMILES string of the molecule is CNS(=O)(=O)c1cc(NC=O)c(N(C)C)cc1F. The molecule has 1 aromatic carbocycles. The van der Waals surface area contributed by atoms with E-state index in [4.69, 9.17) is 0 Å². The van der Waals surface area contributed by atoms with Crippen molar-refractivity contribution >= 4 is 27.8 Å². The highest BCUT2D eigenvalue weighted by Crippen LogP contribution is 2.29. The topological polar surface area (TPSA) is 78.5 Å². The van der Waals surface area contributed by atoms with E-state index < -0.39 is 20.7 Å². The van der Waals surface area contributed by atoms with Crippen LogP contribution in [0, 0.1) is 5.82 Å². The van der Waals surface area contributed by atoms with Gasteiger partial charge in [-0.25, -0.2) is 17.5 Å². The number of nitrogens with one attached hydrogen (secondary N) is 2. The summed E-state index contributed by atoms with van der Waals surface area (Å²) in [6.07, 6.45) is 0.399. The van der Waals surface area contributed by atoms with E-state index >= 15 is 0 Å². The lowest BCUT2D eigenvalue weighted by Crippen LogP contribution is -2.21. The van der Waals surface area contributed by atoms with Gasteiger partial charge >= 0.3 is 0 Å². The first-order valence-corrected chi connectivity index (χ1v) is 6.46. The van der Waals surface area contributed by atoms with Crippen LogP contribution >= 0.6 is 0 Å². The zero-order valence-electron chi connectivity index (χ0n) is 10.2. The maximum Gasteiger partial charge on any atom is 0.243 e. The van der Waals surface area contributed by atoms with E-state index in [0.29, 0.717) is 12.1 Å². The average molecular weight is 275 g/mol. The van der Waals surface area contributed by atoms with Crippen molar-refractivity contribution < 1.29 is 17.6 Å². The van der Waals surface area contributed by atoms with E-state index in [2.05, 4.69) is 5.32 Å². The number of amides is 1. The largest absolute Gasteiger partial charge is 0.376 e. The predicted molar refractivity (Wildman–Crippen MR) is 66.7 cm³/mol. The van der Waals surface area contributed by atoms with Crippen molar-refractivity contribution in [3.05, 3.63) is 17.9 Å². The number of carbonyl (C=O) groups is 1. The molecule has 0 radical (unpaired) electrons. The Bertz CT molecular complexity index is 558. The minimum absolute atomic E-state index is 0.213. The summed E-state index contributed by atoms with van der Waals surface area (Å²) in [4.78, 5) is 11.5. The molecule has 0 aliphatic rings. The summed E-state index contributed by atoms with van der Waals surface area (Å²) in [6, 6.07) is 2.13. The summed E-state index contributed by atoms with van der Waals surface area (Å²) < 4.78 is 38.9. The van der Waals surface area contributed by atoms with Crippen molar-refractivity contribution in [2.24, 2.45) is 0 Å². The average Bonchev–Trinajstić information content (AvgIpc) is 2.30. The van der Waals surface area contributed by atoms with Crippen molar-refractivity contribution in [3.8, 4) is 0 Å². The zero-order valence-corrected chi connectivity index (χ0v) is 11.0. The molecule has 1 rings (SSSR count). The number of halogens is 1. The van der Waals surface area contributed by atoms with Gasteiger partial charge in [-0.1, -0.05) is 0 Å². The Balaban J connectivity index is 3.50. The first-order valence-electron chi connectivity index (χ1n) is 4.98. The van der Waals surface area contributed by atoms with Crippen molar-refractivity contribution in [1.82, 2.24) is 4.72 Å². The molecule has 0 saturated carbocycles. The molecule has 8 heteroatoms. The van der Waals surface area contributed by atoms with Crippen LogP contribution < -0.4 is 14.9 Å². The molecule has 0 heterocycles. The number of nitrogens with zero attached hydrogens (tertiary/aromatic N) is 1.